The number of hydrogen-bond acceptors (Lipinski definition) is 10. The molecule has 0 unspecified atom stereocenters. The van der Waals surface area contributed by atoms with Crippen LogP contribution in [0.3, 0.4) is 0 Å². The number of esters is 2. The Labute approximate surface area is 227 Å². The molecule has 0 bridgehead atoms. The third-order valence-electron chi connectivity index (χ3n) is 5.16. The van der Waals surface area contributed by atoms with Gasteiger partial charge in [-0.25, -0.2) is 18.0 Å². The van der Waals surface area contributed by atoms with Crippen molar-refractivity contribution in [2.45, 2.75) is 34.2 Å². The number of amides is 2. The SMILES string of the molecule is CCOC(=O)c1sc(NC(=O)CS(=O)(=O)CC(=O)N=c2sc3ccccc3n2CC)c(C(=O)OCC)c1C. The van der Waals surface area contributed by atoms with Gasteiger partial charge >= 0.3 is 11.9 Å². The molecule has 38 heavy (non-hydrogen) atoms. The number of anilines is 1. The number of carbonyl (C=O) groups excluding carboxylic acids is 4. The van der Waals surface area contributed by atoms with Gasteiger partial charge in [0.15, 0.2) is 14.6 Å². The lowest BCUT2D eigenvalue weighted by Gasteiger charge is -2.07. The summed E-state index contributed by atoms with van der Waals surface area (Å²) in [6.07, 6.45) is 0. The molecule has 2 heterocycles. The van der Waals surface area contributed by atoms with Gasteiger partial charge in [-0.05, 0) is 45.4 Å². The zero-order chi connectivity index (χ0) is 28.0. The van der Waals surface area contributed by atoms with Crippen molar-refractivity contribution in [2.75, 3.05) is 30.0 Å². The van der Waals surface area contributed by atoms with Gasteiger partial charge < -0.3 is 19.4 Å². The average Bonchev–Trinajstić information content (AvgIpc) is 3.34. The summed E-state index contributed by atoms with van der Waals surface area (Å²) >= 11 is 2.03. The molecule has 2 amide bonds. The Morgan fingerprint density at radius 2 is 1.63 bits per heavy atom. The van der Waals surface area contributed by atoms with Gasteiger partial charge in [-0.3, -0.25) is 9.59 Å². The lowest BCUT2D eigenvalue weighted by molar-refractivity contribution is -0.115. The molecule has 3 rings (SSSR count). The fourth-order valence-electron chi connectivity index (χ4n) is 3.59. The summed E-state index contributed by atoms with van der Waals surface area (Å²) in [6, 6.07) is 7.46. The number of aromatic nitrogens is 1. The predicted molar refractivity (Wildman–Crippen MR) is 144 cm³/mol. The maximum atomic E-state index is 12.6. The van der Waals surface area contributed by atoms with Crippen LogP contribution in [0.25, 0.3) is 10.2 Å². The molecule has 0 spiro atoms. The van der Waals surface area contributed by atoms with Gasteiger partial charge in [0.05, 0.1) is 29.0 Å². The molecular formula is C24H27N3O8S3. The number of thiophene rings is 1. The molecule has 0 aliphatic rings. The molecule has 0 saturated heterocycles. The number of hydrogen-bond donors (Lipinski definition) is 1. The number of fused-ring (bicyclic) bond motifs is 1. The van der Waals surface area contributed by atoms with Crippen molar-refractivity contribution in [2.24, 2.45) is 4.99 Å². The highest BCUT2D eigenvalue weighted by atomic mass is 32.2. The first kappa shape index (κ1) is 29.2. The molecule has 0 fully saturated rings. The minimum absolute atomic E-state index is 0.0468. The van der Waals surface area contributed by atoms with Crippen molar-refractivity contribution in [1.29, 1.82) is 0 Å². The van der Waals surface area contributed by atoms with E-state index in [1.165, 1.54) is 18.3 Å². The van der Waals surface area contributed by atoms with Crippen molar-refractivity contribution in [1.82, 2.24) is 4.57 Å². The molecule has 1 aromatic carbocycles. The first-order valence-corrected chi connectivity index (χ1v) is 15.1. The fourth-order valence-corrected chi connectivity index (χ4v) is 6.82. The summed E-state index contributed by atoms with van der Waals surface area (Å²) in [6.45, 7) is 7.28. The summed E-state index contributed by atoms with van der Waals surface area (Å²) < 4.78 is 38.0. The van der Waals surface area contributed by atoms with Crippen LogP contribution in [-0.2, 0) is 35.4 Å². The van der Waals surface area contributed by atoms with Gasteiger partial charge in [0.25, 0.3) is 5.91 Å². The standard InChI is InChI=1S/C24H27N3O8S3/c1-5-27-15-10-8-9-11-16(15)36-24(27)26-18(29)13-38(32,33)12-17(28)25-21-19(22(30)34-6-2)14(4)20(37-21)23(31)35-7-3/h8-11H,5-7,12-13H2,1-4H3,(H,25,28). The molecule has 0 radical (unpaired) electrons. The van der Waals surface area contributed by atoms with E-state index < -0.39 is 45.1 Å². The lowest BCUT2D eigenvalue weighted by atomic mass is 10.1. The molecule has 0 aliphatic heterocycles. The van der Waals surface area contributed by atoms with Crippen LogP contribution >= 0.6 is 22.7 Å². The fraction of sp³-hybridized carbons (Fsp3) is 0.375. The van der Waals surface area contributed by atoms with E-state index in [2.05, 4.69) is 10.3 Å². The smallest absolute Gasteiger partial charge is 0.348 e. The van der Waals surface area contributed by atoms with Crippen LogP contribution in [0.1, 0.15) is 46.4 Å². The second-order valence-electron chi connectivity index (χ2n) is 7.88. The van der Waals surface area contributed by atoms with E-state index in [4.69, 9.17) is 9.47 Å². The maximum absolute atomic E-state index is 12.6. The number of nitrogens with one attached hydrogen (secondary N) is 1. The van der Waals surface area contributed by atoms with Gasteiger partial charge in [0.2, 0.25) is 5.91 Å². The quantitative estimate of drug-likeness (QED) is 0.359. The predicted octanol–water partition coefficient (Wildman–Crippen LogP) is 2.93. The van der Waals surface area contributed by atoms with Gasteiger partial charge in [-0.2, -0.15) is 4.99 Å². The summed E-state index contributed by atoms with van der Waals surface area (Å²) in [5.74, 6) is -5.35. The maximum Gasteiger partial charge on any atom is 0.348 e. The Bertz CT molecular complexity index is 1560. The number of thiazole rings is 1. The van der Waals surface area contributed by atoms with Gasteiger partial charge in [-0.15, -0.1) is 11.3 Å². The zero-order valence-corrected chi connectivity index (χ0v) is 23.7. The van der Waals surface area contributed by atoms with Crippen molar-refractivity contribution < 1.29 is 37.1 Å². The van der Waals surface area contributed by atoms with Gasteiger partial charge in [0.1, 0.15) is 21.4 Å². The molecule has 2 aromatic heterocycles. The van der Waals surface area contributed by atoms with Gasteiger partial charge in [-0.1, -0.05) is 23.5 Å². The highest BCUT2D eigenvalue weighted by Gasteiger charge is 2.29. The molecule has 11 nitrogen and oxygen atoms in total. The highest BCUT2D eigenvalue weighted by Crippen LogP contribution is 2.34. The number of carbonyl (C=O) groups is 4. The molecule has 0 saturated carbocycles. The van der Waals surface area contributed by atoms with E-state index in [0.717, 1.165) is 21.6 Å². The van der Waals surface area contributed by atoms with Crippen LogP contribution in [-0.4, -0.2) is 61.5 Å². The summed E-state index contributed by atoms with van der Waals surface area (Å²) in [4.78, 5) is 54.3. The Hall–Kier alpha value is -3.36. The number of aryl methyl sites for hydroxylation is 1. The molecule has 1 N–H and O–H groups in total. The van der Waals surface area contributed by atoms with Crippen molar-refractivity contribution in [3.63, 3.8) is 0 Å². The molecular weight excluding hydrogens is 554 g/mol. The molecule has 3 aromatic rings. The minimum atomic E-state index is -4.20. The largest absolute Gasteiger partial charge is 0.462 e. The molecule has 14 heteroatoms. The second kappa shape index (κ2) is 12.5. The van der Waals surface area contributed by atoms with Gasteiger partial charge in [0, 0.05) is 6.54 Å². The Morgan fingerprint density at radius 1 is 0.974 bits per heavy atom. The van der Waals surface area contributed by atoms with E-state index >= 15 is 0 Å². The zero-order valence-electron chi connectivity index (χ0n) is 21.2. The van der Waals surface area contributed by atoms with E-state index in [0.29, 0.717) is 11.3 Å². The van der Waals surface area contributed by atoms with Crippen molar-refractivity contribution in [3.8, 4) is 0 Å². The molecule has 0 atom stereocenters. The highest BCUT2D eigenvalue weighted by molar-refractivity contribution is 7.92. The Balaban J connectivity index is 1.79. The minimum Gasteiger partial charge on any atom is -0.462 e. The van der Waals surface area contributed by atoms with E-state index in [1.54, 1.807) is 18.4 Å². The topological polar surface area (TPSA) is 150 Å². The normalized spacial score (nSPS) is 11.9. The third kappa shape index (κ3) is 6.74. The van der Waals surface area contributed by atoms with Crippen LogP contribution in [0.15, 0.2) is 29.3 Å². The number of ether oxygens (including phenoxy) is 2. The van der Waals surface area contributed by atoms with Crippen LogP contribution in [0.4, 0.5) is 5.00 Å². The first-order valence-electron chi connectivity index (χ1n) is 11.6. The number of nitrogens with zero attached hydrogens (tertiary/aromatic N) is 2. The summed E-state index contributed by atoms with van der Waals surface area (Å²) in [5.41, 5.74) is 1.05. The van der Waals surface area contributed by atoms with E-state index in [-0.39, 0.29) is 34.2 Å². The number of benzene rings is 1. The summed E-state index contributed by atoms with van der Waals surface area (Å²) in [7, 11) is -4.20. The Kier molecular flexibility index (Phi) is 9.57. The van der Waals surface area contributed by atoms with Crippen LogP contribution in [0.5, 0.6) is 0 Å². The first-order chi connectivity index (χ1) is 18.0. The number of rotatable bonds is 10. The average molecular weight is 582 g/mol. The third-order valence-corrected chi connectivity index (χ3v) is 8.79. The van der Waals surface area contributed by atoms with E-state index in [9.17, 15) is 27.6 Å². The lowest BCUT2D eigenvalue weighted by Crippen LogP contribution is -2.28. The second-order valence-corrected chi connectivity index (χ2v) is 12.0. The van der Waals surface area contributed by atoms with Crippen LogP contribution in [0, 0.1) is 6.92 Å². The van der Waals surface area contributed by atoms with Crippen molar-refractivity contribution in [3.05, 3.63) is 45.1 Å². The van der Waals surface area contributed by atoms with Crippen molar-refractivity contribution >= 4 is 71.5 Å². The number of para-hydroxylation sites is 1. The summed E-state index contributed by atoms with van der Waals surface area (Å²) in [5, 5.41) is 2.32. The molecule has 204 valence electrons. The van der Waals surface area contributed by atoms with Crippen LogP contribution in [0.2, 0.25) is 0 Å². The van der Waals surface area contributed by atoms with E-state index in [1.807, 2.05) is 31.2 Å². The monoisotopic (exact) mass is 581 g/mol. The van der Waals surface area contributed by atoms with Crippen LogP contribution < -0.4 is 10.1 Å². The molecule has 0 aliphatic carbocycles. The number of sulfone groups is 1. The Morgan fingerprint density at radius 3 is 2.29 bits per heavy atom.